The van der Waals surface area contributed by atoms with E-state index in [-0.39, 0.29) is 5.91 Å². The van der Waals surface area contributed by atoms with Crippen LogP contribution in [0.25, 0.3) is 0 Å². The van der Waals surface area contributed by atoms with E-state index in [4.69, 9.17) is 4.99 Å². The van der Waals surface area contributed by atoms with E-state index in [1.165, 1.54) is 0 Å². The molecule has 0 unspecified atom stereocenters. The Balaban J connectivity index is 1.93. The molecule has 2 rings (SSSR count). The predicted molar refractivity (Wildman–Crippen MR) is 121 cm³/mol. The molecule has 1 amide bonds. The number of nitrogens with one attached hydrogen (secondary N) is 2. The van der Waals surface area contributed by atoms with Gasteiger partial charge in [0.25, 0.3) is 5.91 Å². The van der Waals surface area contributed by atoms with Gasteiger partial charge < -0.3 is 20.4 Å². The summed E-state index contributed by atoms with van der Waals surface area (Å²) in [5.74, 6) is 0.964. The van der Waals surface area contributed by atoms with E-state index in [1.807, 2.05) is 43.0 Å². The van der Waals surface area contributed by atoms with Crippen LogP contribution in [0.15, 0.2) is 29.3 Å². The van der Waals surface area contributed by atoms with Crippen LogP contribution in [-0.2, 0) is 6.54 Å². The van der Waals surface area contributed by atoms with Crippen molar-refractivity contribution in [2.24, 2.45) is 4.99 Å². The Morgan fingerprint density at radius 3 is 2.28 bits per heavy atom. The summed E-state index contributed by atoms with van der Waals surface area (Å²) in [6.45, 7) is 15.8. The minimum absolute atomic E-state index is 0.0906. The summed E-state index contributed by atoms with van der Waals surface area (Å²) in [6, 6.07) is 8.92. The van der Waals surface area contributed by atoms with E-state index in [0.29, 0.717) is 18.6 Å². The van der Waals surface area contributed by atoms with Crippen LogP contribution in [0.5, 0.6) is 0 Å². The first-order chi connectivity index (χ1) is 14.0. The first-order valence-electron chi connectivity index (χ1n) is 11.2. The molecule has 29 heavy (non-hydrogen) atoms. The third kappa shape index (κ3) is 7.03. The largest absolute Gasteiger partial charge is 0.357 e. The summed E-state index contributed by atoms with van der Waals surface area (Å²) in [4.78, 5) is 21.6. The molecule has 2 N–H and O–H groups in total. The zero-order chi connectivity index (χ0) is 21.2. The average Bonchev–Trinajstić information content (AvgIpc) is 2.73. The maximum Gasteiger partial charge on any atom is 0.253 e. The van der Waals surface area contributed by atoms with Crippen molar-refractivity contribution in [3.05, 3.63) is 35.4 Å². The number of carbonyl (C=O) groups is 1. The Labute approximate surface area is 176 Å². The van der Waals surface area contributed by atoms with E-state index >= 15 is 0 Å². The van der Waals surface area contributed by atoms with Crippen LogP contribution in [0.4, 0.5) is 0 Å². The summed E-state index contributed by atoms with van der Waals surface area (Å²) < 4.78 is 0. The number of nitrogens with zero attached hydrogens (tertiary/aromatic N) is 3. The molecule has 0 spiro atoms. The number of benzene rings is 1. The van der Waals surface area contributed by atoms with Crippen LogP contribution < -0.4 is 10.6 Å². The molecule has 0 bridgehead atoms. The first-order valence-corrected chi connectivity index (χ1v) is 11.2. The van der Waals surface area contributed by atoms with Gasteiger partial charge >= 0.3 is 0 Å². The van der Waals surface area contributed by atoms with E-state index in [9.17, 15) is 4.79 Å². The van der Waals surface area contributed by atoms with Crippen LogP contribution >= 0.6 is 0 Å². The van der Waals surface area contributed by atoms with Crippen molar-refractivity contribution in [1.82, 2.24) is 20.4 Å². The monoisotopic (exact) mass is 401 g/mol. The lowest BCUT2D eigenvalue weighted by Gasteiger charge is -2.35. The third-order valence-electron chi connectivity index (χ3n) is 5.62. The van der Waals surface area contributed by atoms with Crippen molar-refractivity contribution in [2.75, 3.05) is 32.7 Å². The van der Waals surface area contributed by atoms with Gasteiger partial charge in [0.05, 0.1) is 6.54 Å². The number of piperidine rings is 1. The average molecular weight is 402 g/mol. The molecule has 1 aromatic rings. The molecular weight excluding hydrogens is 362 g/mol. The minimum Gasteiger partial charge on any atom is -0.357 e. The second kappa shape index (κ2) is 11.8. The summed E-state index contributed by atoms with van der Waals surface area (Å²) in [5.41, 5.74) is 1.84. The molecule has 0 radical (unpaired) electrons. The summed E-state index contributed by atoms with van der Waals surface area (Å²) >= 11 is 0. The molecule has 1 aliphatic rings. The van der Waals surface area contributed by atoms with E-state index in [1.54, 1.807) is 0 Å². The van der Waals surface area contributed by atoms with E-state index in [2.05, 4.69) is 36.3 Å². The highest BCUT2D eigenvalue weighted by Gasteiger charge is 2.21. The Kier molecular flexibility index (Phi) is 9.45. The van der Waals surface area contributed by atoms with Gasteiger partial charge in [0.15, 0.2) is 5.96 Å². The van der Waals surface area contributed by atoms with Crippen molar-refractivity contribution in [3.8, 4) is 0 Å². The van der Waals surface area contributed by atoms with Gasteiger partial charge in [0, 0.05) is 50.4 Å². The molecule has 1 aliphatic heterocycles. The van der Waals surface area contributed by atoms with Crippen molar-refractivity contribution < 1.29 is 4.79 Å². The standard InChI is InChI=1S/C23H39N5O/c1-6-24-23(26-21-13-15-28(16-14-21)18(4)5)25-17-19-9-11-20(12-10-19)22(29)27(7-2)8-3/h9-12,18,21H,6-8,13-17H2,1-5H3,(H2,24,25,26). The van der Waals surface area contributed by atoms with Gasteiger partial charge in [-0.15, -0.1) is 0 Å². The van der Waals surface area contributed by atoms with Crippen LogP contribution in [0.3, 0.4) is 0 Å². The fourth-order valence-corrected chi connectivity index (χ4v) is 3.69. The number of rotatable bonds is 8. The lowest BCUT2D eigenvalue weighted by atomic mass is 10.0. The fourth-order valence-electron chi connectivity index (χ4n) is 3.69. The van der Waals surface area contributed by atoms with Gasteiger partial charge in [-0.05, 0) is 65.2 Å². The fraction of sp³-hybridized carbons (Fsp3) is 0.652. The van der Waals surface area contributed by atoms with Crippen LogP contribution in [0.2, 0.25) is 0 Å². The molecule has 0 saturated carbocycles. The number of guanidine groups is 1. The molecule has 0 aromatic heterocycles. The van der Waals surface area contributed by atoms with Gasteiger partial charge in [-0.3, -0.25) is 4.79 Å². The topological polar surface area (TPSA) is 60.0 Å². The number of likely N-dealkylation sites (tertiary alicyclic amines) is 1. The lowest BCUT2D eigenvalue weighted by molar-refractivity contribution is 0.0773. The van der Waals surface area contributed by atoms with Crippen molar-refractivity contribution >= 4 is 11.9 Å². The first kappa shape index (κ1) is 23.2. The SMILES string of the molecule is CCNC(=NCc1ccc(C(=O)N(CC)CC)cc1)NC1CCN(C(C)C)CC1. The van der Waals surface area contributed by atoms with Crippen LogP contribution in [0, 0.1) is 0 Å². The molecule has 0 aliphatic carbocycles. The van der Waals surface area contributed by atoms with E-state index < -0.39 is 0 Å². The Bertz CT molecular complexity index is 644. The molecular formula is C23H39N5O. The molecule has 162 valence electrons. The highest BCUT2D eigenvalue weighted by atomic mass is 16.2. The Morgan fingerprint density at radius 2 is 1.76 bits per heavy atom. The van der Waals surface area contributed by atoms with Crippen LogP contribution in [-0.4, -0.2) is 66.5 Å². The maximum atomic E-state index is 12.4. The van der Waals surface area contributed by atoms with Gasteiger partial charge in [-0.2, -0.15) is 0 Å². The second-order valence-electron chi connectivity index (χ2n) is 7.92. The Hall–Kier alpha value is -2.08. The maximum absolute atomic E-state index is 12.4. The number of carbonyl (C=O) groups excluding carboxylic acids is 1. The van der Waals surface area contributed by atoms with Crippen molar-refractivity contribution in [3.63, 3.8) is 0 Å². The van der Waals surface area contributed by atoms with Gasteiger partial charge in [-0.1, -0.05) is 12.1 Å². The van der Waals surface area contributed by atoms with Gasteiger partial charge in [0.1, 0.15) is 0 Å². The molecule has 6 nitrogen and oxygen atoms in total. The molecule has 6 heteroatoms. The smallest absolute Gasteiger partial charge is 0.253 e. The van der Waals surface area contributed by atoms with Gasteiger partial charge in [-0.25, -0.2) is 4.99 Å². The van der Waals surface area contributed by atoms with Crippen molar-refractivity contribution in [2.45, 2.75) is 66.1 Å². The number of hydrogen-bond acceptors (Lipinski definition) is 3. The lowest BCUT2D eigenvalue weighted by Crippen LogP contribution is -2.49. The highest BCUT2D eigenvalue weighted by Crippen LogP contribution is 2.13. The molecule has 1 fully saturated rings. The zero-order valence-corrected chi connectivity index (χ0v) is 18.9. The third-order valence-corrected chi connectivity index (χ3v) is 5.62. The minimum atomic E-state index is 0.0906. The predicted octanol–water partition coefficient (Wildman–Crippen LogP) is 3.10. The number of hydrogen-bond donors (Lipinski definition) is 2. The quantitative estimate of drug-likeness (QED) is 0.519. The van der Waals surface area contributed by atoms with Gasteiger partial charge in [0.2, 0.25) is 0 Å². The number of amides is 1. The second-order valence-corrected chi connectivity index (χ2v) is 7.92. The molecule has 1 saturated heterocycles. The number of aliphatic imine (C=N–C) groups is 1. The summed E-state index contributed by atoms with van der Waals surface area (Å²) in [5, 5.41) is 6.96. The molecule has 0 atom stereocenters. The molecule has 1 heterocycles. The van der Waals surface area contributed by atoms with Crippen LogP contribution in [0.1, 0.15) is 63.4 Å². The van der Waals surface area contributed by atoms with E-state index in [0.717, 1.165) is 62.7 Å². The normalized spacial score (nSPS) is 16.1. The summed E-state index contributed by atoms with van der Waals surface area (Å²) in [7, 11) is 0. The molecule has 1 aromatic carbocycles. The van der Waals surface area contributed by atoms with Crippen molar-refractivity contribution in [1.29, 1.82) is 0 Å². The Morgan fingerprint density at radius 1 is 1.14 bits per heavy atom. The summed E-state index contributed by atoms with van der Waals surface area (Å²) in [6.07, 6.45) is 2.29. The zero-order valence-electron chi connectivity index (χ0n) is 18.9. The highest BCUT2D eigenvalue weighted by molar-refractivity contribution is 5.94.